The minimum atomic E-state index is -4.93. The number of allylic oxidation sites excluding steroid dienone is 2. The molecule has 1 unspecified atom stereocenters. The lowest BCUT2D eigenvalue weighted by Gasteiger charge is -2.25. The molecule has 1 aromatic rings. The van der Waals surface area contributed by atoms with Gasteiger partial charge in [-0.1, -0.05) is 42.5 Å². The molecule has 2 rings (SSSR count). The van der Waals surface area contributed by atoms with Crippen molar-refractivity contribution in [2.24, 2.45) is 5.92 Å². The Morgan fingerprint density at radius 3 is 2.61 bits per heavy atom. The molecule has 1 heterocycles. The highest BCUT2D eigenvalue weighted by Crippen LogP contribution is 2.29. The molecule has 0 aliphatic carbocycles. The number of hydrogen-bond acceptors (Lipinski definition) is 1. The third kappa shape index (κ3) is 8.47. The summed E-state index contributed by atoms with van der Waals surface area (Å²) in [5.41, 5.74) is 0.285. The van der Waals surface area contributed by atoms with Gasteiger partial charge in [0.25, 0.3) is 0 Å². The summed E-state index contributed by atoms with van der Waals surface area (Å²) in [4.78, 5) is 0. The smallest absolute Gasteiger partial charge is 0.403 e. The lowest BCUT2D eigenvalue weighted by atomic mass is 10.0. The molecule has 0 spiro atoms. The highest BCUT2D eigenvalue weighted by molar-refractivity contribution is 6.58. The summed E-state index contributed by atoms with van der Waals surface area (Å²) < 4.78 is 66.4. The Morgan fingerprint density at radius 2 is 2.00 bits per heavy atom. The predicted molar refractivity (Wildman–Crippen MR) is 102 cm³/mol. The molecular weight excluding hydrogens is 391 g/mol. The fraction of sp³-hybridized carbons (Fsp3) is 0.524. The summed E-state index contributed by atoms with van der Waals surface area (Å²) in [6.45, 7) is 1.61. The van der Waals surface area contributed by atoms with Gasteiger partial charge in [0.05, 0.1) is 6.17 Å². The summed E-state index contributed by atoms with van der Waals surface area (Å²) in [7, 11) is -0.341. The van der Waals surface area contributed by atoms with E-state index in [0.29, 0.717) is 12.3 Å². The van der Waals surface area contributed by atoms with Crippen LogP contribution in [0, 0.1) is 23.6 Å². The standard InChI is InChI=1S/C21H24F5OSi/c1-16(22)5-4-12-28-13-10-17(11-14-28)6-2-3-7-18-8-9-20(19(23)15-18)27-21(24,25)26/h2,6,8-9,15-17H,4-5,10-14H2,1H3/b6-2+. The van der Waals surface area contributed by atoms with Crippen LogP contribution in [0.2, 0.25) is 18.1 Å². The van der Waals surface area contributed by atoms with Crippen LogP contribution in [0.1, 0.15) is 38.2 Å². The van der Waals surface area contributed by atoms with Gasteiger partial charge in [0, 0.05) is 14.4 Å². The lowest BCUT2D eigenvalue weighted by molar-refractivity contribution is -0.275. The summed E-state index contributed by atoms with van der Waals surface area (Å²) in [6.07, 6.45) is 2.04. The Balaban J connectivity index is 1.78. The quantitative estimate of drug-likeness (QED) is 0.286. The van der Waals surface area contributed by atoms with Crippen LogP contribution >= 0.6 is 0 Å². The number of halogens is 5. The largest absolute Gasteiger partial charge is 0.573 e. The normalized spacial score (nSPS) is 17.4. The van der Waals surface area contributed by atoms with Gasteiger partial charge < -0.3 is 4.74 Å². The zero-order chi connectivity index (χ0) is 20.6. The van der Waals surface area contributed by atoms with Crippen molar-refractivity contribution in [2.45, 2.75) is 63.3 Å². The van der Waals surface area contributed by atoms with Crippen molar-refractivity contribution in [2.75, 3.05) is 0 Å². The molecule has 1 saturated heterocycles. The Labute approximate surface area is 164 Å². The molecule has 7 heteroatoms. The van der Waals surface area contributed by atoms with E-state index in [1.54, 1.807) is 13.0 Å². The van der Waals surface area contributed by atoms with Crippen LogP contribution in [0.4, 0.5) is 22.0 Å². The molecule has 0 amide bonds. The van der Waals surface area contributed by atoms with Crippen LogP contribution < -0.4 is 4.74 Å². The van der Waals surface area contributed by atoms with Gasteiger partial charge >= 0.3 is 6.36 Å². The zero-order valence-electron chi connectivity index (χ0n) is 15.8. The van der Waals surface area contributed by atoms with Gasteiger partial charge in [0.15, 0.2) is 11.6 Å². The molecule has 28 heavy (non-hydrogen) atoms. The predicted octanol–water partition coefficient (Wildman–Crippen LogP) is 6.68. The summed E-state index contributed by atoms with van der Waals surface area (Å²) in [6, 6.07) is 6.80. The summed E-state index contributed by atoms with van der Waals surface area (Å²) in [5, 5.41) is 0. The van der Waals surface area contributed by atoms with Crippen molar-refractivity contribution in [3.8, 4) is 17.6 Å². The molecule has 1 aliphatic heterocycles. The first kappa shape index (κ1) is 22.5. The third-order valence-electron chi connectivity index (χ3n) is 4.70. The van der Waals surface area contributed by atoms with E-state index in [1.807, 2.05) is 6.08 Å². The second-order valence-electron chi connectivity index (χ2n) is 7.08. The van der Waals surface area contributed by atoms with Crippen LogP contribution in [0.25, 0.3) is 0 Å². The number of alkyl halides is 4. The SMILES string of the molecule is CC(F)CCC[Si]1CCC(/C=C/C#Cc2ccc(OC(F)(F)F)c(F)c2)CC1. The molecule has 1 nitrogen and oxygen atoms in total. The van der Waals surface area contributed by atoms with Gasteiger partial charge in [-0.05, 0) is 56.4 Å². The maximum absolute atomic E-state index is 13.6. The topological polar surface area (TPSA) is 9.23 Å². The minimum absolute atomic E-state index is 0.285. The van der Waals surface area contributed by atoms with Crippen molar-refractivity contribution in [1.29, 1.82) is 0 Å². The van der Waals surface area contributed by atoms with Crippen molar-refractivity contribution in [3.05, 3.63) is 41.7 Å². The van der Waals surface area contributed by atoms with E-state index >= 15 is 0 Å². The Kier molecular flexibility index (Phi) is 8.55. The first-order chi connectivity index (χ1) is 13.2. The van der Waals surface area contributed by atoms with Gasteiger partial charge in [0.2, 0.25) is 0 Å². The molecule has 0 N–H and O–H groups in total. The van der Waals surface area contributed by atoms with Crippen LogP contribution in [0.15, 0.2) is 30.4 Å². The second-order valence-corrected chi connectivity index (χ2v) is 10.1. The molecule has 1 aliphatic rings. The van der Waals surface area contributed by atoms with Crippen molar-refractivity contribution >= 4 is 8.80 Å². The van der Waals surface area contributed by atoms with E-state index in [4.69, 9.17) is 0 Å². The molecule has 0 bridgehead atoms. The van der Waals surface area contributed by atoms with E-state index in [2.05, 4.69) is 16.6 Å². The van der Waals surface area contributed by atoms with Gasteiger partial charge in [-0.2, -0.15) is 0 Å². The van der Waals surface area contributed by atoms with Crippen LogP contribution in [-0.2, 0) is 0 Å². The fourth-order valence-corrected chi connectivity index (χ4v) is 6.23. The van der Waals surface area contributed by atoms with Crippen LogP contribution in [0.3, 0.4) is 0 Å². The molecule has 0 saturated carbocycles. The van der Waals surface area contributed by atoms with Crippen molar-refractivity contribution in [1.82, 2.24) is 0 Å². The van der Waals surface area contributed by atoms with Crippen LogP contribution in [0.5, 0.6) is 5.75 Å². The van der Waals surface area contributed by atoms with Gasteiger partial charge in [0.1, 0.15) is 0 Å². The first-order valence-electron chi connectivity index (χ1n) is 9.44. The number of ether oxygens (including phenoxy) is 1. The van der Waals surface area contributed by atoms with Gasteiger partial charge in [-0.15, -0.1) is 13.2 Å². The average molecular weight is 415 g/mol. The van der Waals surface area contributed by atoms with Gasteiger partial charge in [-0.25, -0.2) is 8.78 Å². The second kappa shape index (κ2) is 10.7. The molecule has 1 radical (unpaired) electrons. The molecule has 1 atom stereocenters. The Bertz CT molecular complexity index is 710. The lowest BCUT2D eigenvalue weighted by Crippen LogP contribution is -2.20. The Morgan fingerprint density at radius 1 is 1.29 bits per heavy atom. The highest BCUT2D eigenvalue weighted by Gasteiger charge is 2.32. The van der Waals surface area contributed by atoms with E-state index in [9.17, 15) is 22.0 Å². The first-order valence-corrected chi connectivity index (χ1v) is 11.6. The minimum Gasteiger partial charge on any atom is -0.403 e. The summed E-state index contributed by atoms with van der Waals surface area (Å²) >= 11 is 0. The number of hydrogen-bond donors (Lipinski definition) is 0. The maximum Gasteiger partial charge on any atom is 0.573 e. The molecule has 1 aromatic carbocycles. The molecular formula is C21H24F5OSi. The van der Waals surface area contributed by atoms with Crippen molar-refractivity contribution in [3.63, 3.8) is 0 Å². The average Bonchev–Trinajstić information content (AvgIpc) is 2.61. The maximum atomic E-state index is 13.6. The number of benzene rings is 1. The van der Waals surface area contributed by atoms with Crippen molar-refractivity contribution < 1.29 is 26.7 Å². The summed E-state index contributed by atoms with van der Waals surface area (Å²) in [5.74, 6) is 4.04. The van der Waals surface area contributed by atoms with Gasteiger partial charge in [-0.3, -0.25) is 0 Å². The highest BCUT2D eigenvalue weighted by atomic mass is 28.3. The van der Waals surface area contributed by atoms with E-state index in [-0.39, 0.29) is 14.4 Å². The molecule has 1 fully saturated rings. The van der Waals surface area contributed by atoms with E-state index < -0.39 is 24.1 Å². The molecule has 153 valence electrons. The Hall–Kier alpha value is -1.81. The zero-order valence-corrected chi connectivity index (χ0v) is 16.8. The molecule has 0 aromatic heterocycles. The fourth-order valence-electron chi connectivity index (χ4n) is 3.22. The third-order valence-corrected chi connectivity index (χ3v) is 7.75. The van der Waals surface area contributed by atoms with E-state index in [0.717, 1.165) is 31.4 Å². The van der Waals surface area contributed by atoms with E-state index in [1.165, 1.54) is 24.2 Å². The number of rotatable bonds is 6. The monoisotopic (exact) mass is 415 g/mol. The van der Waals surface area contributed by atoms with Crippen LogP contribution in [-0.4, -0.2) is 21.3 Å².